The lowest BCUT2D eigenvalue weighted by atomic mass is 10.3. The summed E-state index contributed by atoms with van der Waals surface area (Å²) in [6.45, 7) is 2.02. The number of halogens is 3. The molecule has 0 radical (unpaired) electrons. The number of nitrogens with two attached hydrogens (primary N) is 2. The van der Waals surface area contributed by atoms with Gasteiger partial charge in [0.1, 0.15) is 0 Å². The molecule has 6 N–H and O–H groups in total. The fraction of sp³-hybridized carbons (Fsp3) is 1.00. The maximum Gasteiger partial charge on any atom is 0.0594 e. The summed E-state index contributed by atoms with van der Waals surface area (Å²) in [5, 5.41) is 11.4. The number of aliphatic hydroxyl groups excluding tert-OH is 1. The normalized spacial score (nSPS) is 10.2. The minimum absolute atomic E-state index is 0. The molecule has 1 unspecified atom stereocenters. The van der Waals surface area contributed by atoms with Gasteiger partial charge < -0.3 is 21.9 Å². The molecular formula is C5H18Cl3N3O. The van der Waals surface area contributed by atoms with Gasteiger partial charge in [-0.2, -0.15) is 0 Å². The van der Waals surface area contributed by atoms with E-state index >= 15 is 0 Å². The Labute approximate surface area is 91.7 Å². The standard InChI is InChI=1S/C5H15N3O.3ClH/c6-1-2-8-3-5(7)4-9;;;/h5,8-9H,1-4,6-7H2;3*1H. The highest BCUT2D eigenvalue weighted by Gasteiger charge is 1.96. The molecule has 0 aliphatic heterocycles. The van der Waals surface area contributed by atoms with Crippen LogP contribution in [0.15, 0.2) is 0 Å². The van der Waals surface area contributed by atoms with Gasteiger partial charge in [0.2, 0.25) is 0 Å². The lowest BCUT2D eigenvalue weighted by Crippen LogP contribution is -2.38. The molecule has 0 aromatic rings. The molecule has 0 heterocycles. The van der Waals surface area contributed by atoms with Gasteiger partial charge in [-0.1, -0.05) is 0 Å². The maximum absolute atomic E-state index is 8.44. The van der Waals surface area contributed by atoms with Gasteiger partial charge in [0.25, 0.3) is 0 Å². The molecule has 0 aliphatic carbocycles. The topological polar surface area (TPSA) is 84.3 Å². The largest absolute Gasteiger partial charge is 0.395 e. The Kier molecular flexibility index (Phi) is 33.9. The molecule has 4 nitrogen and oxygen atoms in total. The summed E-state index contributed by atoms with van der Waals surface area (Å²) in [5.41, 5.74) is 10.6. The SMILES string of the molecule is Cl.Cl.Cl.NCCNCC(N)CO. The minimum Gasteiger partial charge on any atom is -0.395 e. The number of hydrogen-bond acceptors (Lipinski definition) is 4. The number of rotatable bonds is 5. The van der Waals surface area contributed by atoms with Crippen LogP contribution in [0, 0.1) is 0 Å². The summed E-state index contributed by atoms with van der Waals surface area (Å²) in [7, 11) is 0. The first kappa shape index (κ1) is 23.0. The average Bonchev–Trinajstić information content (AvgIpc) is 1.89. The van der Waals surface area contributed by atoms with E-state index in [1.165, 1.54) is 0 Å². The molecule has 0 saturated carbocycles. The lowest BCUT2D eigenvalue weighted by Gasteiger charge is -2.07. The Morgan fingerprint density at radius 2 is 1.75 bits per heavy atom. The molecule has 7 heteroatoms. The summed E-state index contributed by atoms with van der Waals surface area (Å²) < 4.78 is 0. The third-order valence-electron chi connectivity index (χ3n) is 0.962. The second kappa shape index (κ2) is 17.7. The summed E-state index contributed by atoms with van der Waals surface area (Å²) in [6.07, 6.45) is 0. The van der Waals surface area contributed by atoms with Crippen LogP contribution >= 0.6 is 37.2 Å². The van der Waals surface area contributed by atoms with E-state index in [4.69, 9.17) is 16.6 Å². The molecule has 12 heavy (non-hydrogen) atoms. The Hall–Kier alpha value is 0.710. The van der Waals surface area contributed by atoms with Gasteiger partial charge in [0.05, 0.1) is 6.61 Å². The van der Waals surface area contributed by atoms with Crippen molar-refractivity contribution in [3.63, 3.8) is 0 Å². The smallest absolute Gasteiger partial charge is 0.0594 e. The third-order valence-corrected chi connectivity index (χ3v) is 0.962. The van der Waals surface area contributed by atoms with E-state index in [9.17, 15) is 0 Å². The van der Waals surface area contributed by atoms with Gasteiger partial charge in [-0.15, -0.1) is 37.2 Å². The van der Waals surface area contributed by atoms with Crippen LogP contribution in [0.4, 0.5) is 0 Å². The van der Waals surface area contributed by atoms with Crippen molar-refractivity contribution in [2.24, 2.45) is 11.5 Å². The zero-order chi connectivity index (χ0) is 7.11. The zero-order valence-electron chi connectivity index (χ0n) is 6.73. The molecule has 0 aliphatic rings. The predicted molar refractivity (Wildman–Crippen MR) is 58.7 cm³/mol. The van der Waals surface area contributed by atoms with Gasteiger partial charge in [-0.3, -0.25) is 0 Å². The molecule has 0 amide bonds. The predicted octanol–water partition coefficient (Wildman–Crippen LogP) is -0.880. The molecule has 0 saturated heterocycles. The lowest BCUT2D eigenvalue weighted by molar-refractivity contribution is 0.263. The van der Waals surface area contributed by atoms with Gasteiger partial charge in [-0.05, 0) is 0 Å². The van der Waals surface area contributed by atoms with Crippen molar-refractivity contribution in [1.82, 2.24) is 5.32 Å². The Balaban J connectivity index is -0.000000107. The summed E-state index contributed by atoms with van der Waals surface area (Å²) in [6, 6.07) is -0.156. The molecule has 80 valence electrons. The fourth-order valence-corrected chi connectivity index (χ4v) is 0.454. The van der Waals surface area contributed by atoms with E-state index < -0.39 is 0 Å². The van der Waals surface area contributed by atoms with Gasteiger partial charge in [0, 0.05) is 25.7 Å². The molecule has 1 atom stereocenters. The highest BCUT2D eigenvalue weighted by atomic mass is 35.5. The highest BCUT2D eigenvalue weighted by molar-refractivity contribution is 5.86. The van der Waals surface area contributed by atoms with E-state index in [0.717, 1.165) is 6.54 Å². The van der Waals surface area contributed by atoms with Crippen molar-refractivity contribution in [2.45, 2.75) is 6.04 Å². The van der Waals surface area contributed by atoms with Gasteiger partial charge in [0.15, 0.2) is 0 Å². The molecular weight excluding hydrogens is 224 g/mol. The third kappa shape index (κ3) is 17.0. The highest BCUT2D eigenvalue weighted by Crippen LogP contribution is 1.69. The molecule has 0 fully saturated rings. The monoisotopic (exact) mass is 241 g/mol. The van der Waals surface area contributed by atoms with Crippen LogP contribution in [0.3, 0.4) is 0 Å². The fourth-order valence-electron chi connectivity index (χ4n) is 0.454. The Bertz CT molecular complexity index is 69.9. The molecule has 0 bridgehead atoms. The average molecular weight is 243 g/mol. The van der Waals surface area contributed by atoms with Crippen LogP contribution in [-0.4, -0.2) is 37.4 Å². The van der Waals surface area contributed by atoms with Gasteiger partial charge >= 0.3 is 0 Å². The first-order chi connectivity index (χ1) is 4.31. The summed E-state index contributed by atoms with van der Waals surface area (Å²) >= 11 is 0. The maximum atomic E-state index is 8.44. The van der Waals surface area contributed by atoms with Crippen LogP contribution < -0.4 is 16.8 Å². The van der Waals surface area contributed by atoms with Crippen molar-refractivity contribution in [2.75, 3.05) is 26.2 Å². The second-order valence-corrected chi connectivity index (χ2v) is 1.94. The van der Waals surface area contributed by atoms with E-state index in [1.54, 1.807) is 0 Å². The van der Waals surface area contributed by atoms with Crippen LogP contribution in [0.2, 0.25) is 0 Å². The van der Waals surface area contributed by atoms with E-state index in [2.05, 4.69) is 5.32 Å². The second-order valence-electron chi connectivity index (χ2n) is 1.94. The van der Waals surface area contributed by atoms with Crippen molar-refractivity contribution in [1.29, 1.82) is 0 Å². The van der Waals surface area contributed by atoms with E-state index in [0.29, 0.717) is 13.1 Å². The first-order valence-electron chi connectivity index (χ1n) is 3.08. The van der Waals surface area contributed by atoms with Crippen LogP contribution in [-0.2, 0) is 0 Å². The zero-order valence-corrected chi connectivity index (χ0v) is 9.18. The molecule has 0 aromatic carbocycles. The van der Waals surface area contributed by atoms with Gasteiger partial charge in [-0.25, -0.2) is 0 Å². The van der Waals surface area contributed by atoms with Crippen LogP contribution in [0.5, 0.6) is 0 Å². The van der Waals surface area contributed by atoms with Crippen molar-refractivity contribution < 1.29 is 5.11 Å². The Morgan fingerprint density at radius 3 is 2.08 bits per heavy atom. The molecule has 0 rings (SSSR count). The Morgan fingerprint density at radius 1 is 1.25 bits per heavy atom. The number of aliphatic hydroxyl groups is 1. The van der Waals surface area contributed by atoms with E-state index in [1.807, 2.05) is 0 Å². The molecule has 0 aromatic heterocycles. The van der Waals surface area contributed by atoms with E-state index in [-0.39, 0.29) is 49.9 Å². The van der Waals surface area contributed by atoms with Crippen LogP contribution in [0.1, 0.15) is 0 Å². The van der Waals surface area contributed by atoms with Crippen molar-refractivity contribution >= 4 is 37.2 Å². The van der Waals surface area contributed by atoms with Crippen molar-refractivity contribution in [3.8, 4) is 0 Å². The first-order valence-corrected chi connectivity index (χ1v) is 3.08. The summed E-state index contributed by atoms with van der Waals surface area (Å²) in [5.74, 6) is 0. The number of nitrogens with one attached hydrogen (secondary N) is 1. The van der Waals surface area contributed by atoms with Crippen molar-refractivity contribution in [3.05, 3.63) is 0 Å². The minimum atomic E-state index is -0.156. The van der Waals surface area contributed by atoms with Crippen LogP contribution in [0.25, 0.3) is 0 Å². The quantitative estimate of drug-likeness (QED) is 0.472. The summed E-state index contributed by atoms with van der Waals surface area (Å²) in [4.78, 5) is 0. The molecule has 0 spiro atoms. The number of hydrogen-bond donors (Lipinski definition) is 4.